The Bertz CT molecular complexity index is 852. The molecule has 6 heteroatoms. The lowest BCUT2D eigenvalue weighted by molar-refractivity contribution is 0.311. The average Bonchev–Trinajstić information content (AvgIpc) is 3.22. The topological polar surface area (TPSA) is 18.8 Å². The van der Waals surface area contributed by atoms with Crippen molar-refractivity contribution in [2.75, 3.05) is 24.5 Å². The van der Waals surface area contributed by atoms with Crippen LogP contribution in [0.4, 0.5) is 5.69 Å². The van der Waals surface area contributed by atoms with Crippen LogP contribution in [0.15, 0.2) is 47.5 Å². The lowest BCUT2D eigenvalue weighted by Crippen LogP contribution is -2.53. The summed E-state index contributed by atoms with van der Waals surface area (Å²) in [5, 5.41) is 1.46. The summed E-state index contributed by atoms with van der Waals surface area (Å²) in [6, 6.07) is 14.5. The second kappa shape index (κ2) is 6.39. The molecule has 0 saturated carbocycles. The van der Waals surface area contributed by atoms with Crippen LogP contribution in [-0.2, 0) is 0 Å². The number of halogens is 3. The van der Waals surface area contributed by atoms with Crippen LogP contribution < -0.4 is 4.90 Å². The summed E-state index contributed by atoms with van der Waals surface area (Å²) >= 11 is 12.6. The van der Waals surface area contributed by atoms with Gasteiger partial charge in [-0.15, -0.1) is 12.4 Å². The molecule has 0 aromatic heterocycles. The number of benzene rings is 2. The number of para-hydroxylation sites is 1. The Morgan fingerprint density at radius 3 is 2.68 bits per heavy atom. The van der Waals surface area contributed by atoms with Gasteiger partial charge in [0, 0.05) is 40.3 Å². The zero-order valence-corrected chi connectivity index (χ0v) is 15.9. The third-order valence-electron chi connectivity index (χ3n) is 5.37. The Kier molecular flexibility index (Phi) is 4.35. The van der Waals surface area contributed by atoms with Gasteiger partial charge in [0.25, 0.3) is 0 Å². The molecule has 2 aromatic carbocycles. The van der Waals surface area contributed by atoms with Gasteiger partial charge in [-0.2, -0.15) is 0 Å². The van der Waals surface area contributed by atoms with Gasteiger partial charge in [-0.25, -0.2) is 0 Å². The standard InChI is InChI=1S/C19H17Cl2N3.ClH/c20-12-5-6-13(16(21)11-12)14-7-9-23-17-4-2-1-3-15(17)18-22-8-10-24(18)19(14)23;/h1-6,11,14,19H,7-10H2;1H. The van der Waals surface area contributed by atoms with E-state index in [0.717, 1.165) is 36.9 Å². The maximum Gasteiger partial charge on any atom is 0.134 e. The molecule has 3 nitrogen and oxygen atoms in total. The van der Waals surface area contributed by atoms with Crippen LogP contribution in [0.1, 0.15) is 23.5 Å². The number of amidine groups is 1. The summed E-state index contributed by atoms with van der Waals surface area (Å²) in [6.45, 7) is 2.89. The third kappa shape index (κ3) is 2.52. The highest BCUT2D eigenvalue weighted by atomic mass is 35.5. The van der Waals surface area contributed by atoms with Crippen LogP contribution in [0.25, 0.3) is 0 Å². The summed E-state index contributed by atoms with van der Waals surface area (Å²) in [6.07, 6.45) is 1.38. The van der Waals surface area contributed by atoms with E-state index in [9.17, 15) is 0 Å². The van der Waals surface area contributed by atoms with Crippen LogP contribution >= 0.6 is 35.6 Å². The molecule has 0 radical (unpaired) electrons. The molecule has 5 rings (SSSR count). The largest absolute Gasteiger partial charge is 0.350 e. The number of aliphatic imine (C=N–C) groups is 1. The molecule has 1 fully saturated rings. The minimum absolute atomic E-state index is 0. The number of nitrogens with zero attached hydrogens (tertiary/aromatic N) is 3. The van der Waals surface area contributed by atoms with Crippen LogP contribution in [0.3, 0.4) is 0 Å². The highest BCUT2D eigenvalue weighted by Crippen LogP contribution is 2.46. The van der Waals surface area contributed by atoms with Crippen molar-refractivity contribution in [3.05, 3.63) is 63.6 Å². The van der Waals surface area contributed by atoms with E-state index in [1.54, 1.807) is 0 Å². The van der Waals surface area contributed by atoms with Gasteiger partial charge in [0.15, 0.2) is 0 Å². The molecule has 0 spiro atoms. The summed E-state index contributed by atoms with van der Waals surface area (Å²) in [5.74, 6) is 1.51. The monoisotopic (exact) mass is 393 g/mol. The first-order valence-electron chi connectivity index (χ1n) is 8.36. The maximum atomic E-state index is 6.53. The van der Waals surface area contributed by atoms with Crippen LogP contribution in [0.5, 0.6) is 0 Å². The number of anilines is 1. The SMILES string of the molecule is Cl.Clc1ccc(C2CCN3c4ccccc4C4=NCCN4C23)c(Cl)c1. The number of fused-ring (bicyclic) bond motifs is 6. The van der Waals surface area contributed by atoms with Crippen molar-refractivity contribution in [3.63, 3.8) is 0 Å². The van der Waals surface area contributed by atoms with Crippen LogP contribution in [-0.4, -0.2) is 36.5 Å². The first kappa shape index (κ1) is 17.0. The quantitative estimate of drug-likeness (QED) is 0.691. The van der Waals surface area contributed by atoms with Crippen molar-refractivity contribution in [2.45, 2.75) is 18.5 Å². The molecule has 0 N–H and O–H groups in total. The fourth-order valence-electron chi connectivity index (χ4n) is 4.41. The zero-order valence-electron chi connectivity index (χ0n) is 13.5. The van der Waals surface area contributed by atoms with Crippen molar-refractivity contribution in [1.82, 2.24) is 4.90 Å². The molecule has 130 valence electrons. The molecule has 2 atom stereocenters. The van der Waals surface area contributed by atoms with Gasteiger partial charge in [-0.1, -0.05) is 41.4 Å². The highest BCUT2D eigenvalue weighted by Gasteiger charge is 2.46. The minimum Gasteiger partial charge on any atom is -0.350 e. The van der Waals surface area contributed by atoms with Gasteiger partial charge in [-0.05, 0) is 36.2 Å². The second-order valence-electron chi connectivity index (χ2n) is 6.58. The normalized spacial score (nSPS) is 23.5. The molecule has 25 heavy (non-hydrogen) atoms. The fourth-order valence-corrected chi connectivity index (χ4v) is 4.96. The van der Waals surface area contributed by atoms with Crippen LogP contribution in [0, 0.1) is 0 Å². The molecule has 3 aliphatic rings. The van der Waals surface area contributed by atoms with E-state index in [1.165, 1.54) is 16.8 Å². The third-order valence-corrected chi connectivity index (χ3v) is 5.93. The molecule has 2 aromatic rings. The predicted molar refractivity (Wildman–Crippen MR) is 107 cm³/mol. The predicted octanol–water partition coefficient (Wildman–Crippen LogP) is 4.81. The maximum absolute atomic E-state index is 6.53. The smallest absolute Gasteiger partial charge is 0.134 e. The Balaban J connectivity index is 0.00000157. The minimum atomic E-state index is 0. The van der Waals surface area contributed by atoms with Gasteiger partial charge in [0.1, 0.15) is 12.0 Å². The van der Waals surface area contributed by atoms with Crippen molar-refractivity contribution >= 4 is 47.1 Å². The fraction of sp³-hybridized carbons (Fsp3) is 0.316. The molecule has 3 heterocycles. The summed E-state index contributed by atoms with van der Waals surface area (Å²) in [7, 11) is 0. The summed E-state index contributed by atoms with van der Waals surface area (Å²) < 4.78 is 0. The van der Waals surface area contributed by atoms with Gasteiger partial charge in [-0.3, -0.25) is 4.99 Å². The average molecular weight is 395 g/mol. The van der Waals surface area contributed by atoms with E-state index in [1.807, 2.05) is 12.1 Å². The first-order chi connectivity index (χ1) is 11.7. The van der Waals surface area contributed by atoms with Crippen LogP contribution in [0.2, 0.25) is 10.0 Å². The van der Waals surface area contributed by atoms with E-state index in [-0.39, 0.29) is 12.4 Å². The Morgan fingerprint density at radius 2 is 1.84 bits per heavy atom. The number of rotatable bonds is 1. The number of hydrogen-bond donors (Lipinski definition) is 0. The Labute approximate surface area is 163 Å². The zero-order chi connectivity index (χ0) is 16.3. The lowest BCUT2D eigenvalue weighted by atomic mass is 9.93. The van der Waals surface area contributed by atoms with E-state index in [0.29, 0.717) is 17.1 Å². The molecule has 1 saturated heterocycles. The summed E-state index contributed by atoms with van der Waals surface area (Å²) in [4.78, 5) is 9.77. The molecule has 0 aliphatic carbocycles. The second-order valence-corrected chi connectivity index (χ2v) is 7.43. The van der Waals surface area contributed by atoms with Gasteiger partial charge >= 0.3 is 0 Å². The van der Waals surface area contributed by atoms with Crippen molar-refractivity contribution in [1.29, 1.82) is 0 Å². The Morgan fingerprint density at radius 1 is 1.00 bits per heavy atom. The van der Waals surface area contributed by atoms with E-state index in [4.69, 9.17) is 28.2 Å². The molecule has 2 unspecified atom stereocenters. The molecular weight excluding hydrogens is 377 g/mol. The van der Waals surface area contributed by atoms with Gasteiger partial charge < -0.3 is 9.80 Å². The lowest BCUT2D eigenvalue weighted by Gasteiger charge is -2.44. The van der Waals surface area contributed by atoms with Crippen molar-refractivity contribution in [3.8, 4) is 0 Å². The van der Waals surface area contributed by atoms with Crippen molar-refractivity contribution in [2.24, 2.45) is 4.99 Å². The molecule has 0 bridgehead atoms. The van der Waals surface area contributed by atoms with Crippen molar-refractivity contribution < 1.29 is 0 Å². The molecule has 3 aliphatic heterocycles. The van der Waals surface area contributed by atoms with E-state index in [2.05, 4.69) is 40.1 Å². The first-order valence-corrected chi connectivity index (χ1v) is 9.12. The summed E-state index contributed by atoms with van der Waals surface area (Å²) in [5.41, 5.74) is 3.75. The van der Waals surface area contributed by atoms with Gasteiger partial charge in [0.05, 0.1) is 6.54 Å². The molecular formula is C19H18Cl3N3. The van der Waals surface area contributed by atoms with E-state index >= 15 is 0 Å². The Hall–Kier alpha value is -1.42. The van der Waals surface area contributed by atoms with E-state index < -0.39 is 0 Å². The highest BCUT2D eigenvalue weighted by molar-refractivity contribution is 6.35. The molecule has 0 amide bonds. The number of hydrogen-bond acceptors (Lipinski definition) is 3. The van der Waals surface area contributed by atoms with Gasteiger partial charge in [0.2, 0.25) is 0 Å².